The second-order valence-corrected chi connectivity index (χ2v) is 5.97. The number of hydrogen-bond donors (Lipinski definition) is 1. The molecule has 0 fully saturated rings. The van der Waals surface area contributed by atoms with Crippen LogP contribution in [0.25, 0.3) is 0 Å². The van der Waals surface area contributed by atoms with Crippen LogP contribution in [-0.4, -0.2) is 11.5 Å². The molecule has 0 bridgehead atoms. The van der Waals surface area contributed by atoms with Crippen molar-refractivity contribution in [3.8, 4) is 0 Å². The van der Waals surface area contributed by atoms with Gasteiger partial charge >= 0.3 is 0 Å². The zero-order chi connectivity index (χ0) is 13.0. The molecule has 96 valence electrons. The topological polar surface area (TPSA) is 24.9 Å². The molecule has 0 radical (unpaired) electrons. The van der Waals surface area contributed by atoms with Crippen molar-refractivity contribution in [2.24, 2.45) is 0 Å². The summed E-state index contributed by atoms with van der Waals surface area (Å²) in [7, 11) is 0. The van der Waals surface area contributed by atoms with Crippen LogP contribution >= 0.6 is 11.3 Å². The van der Waals surface area contributed by atoms with E-state index in [0.717, 1.165) is 23.8 Å². The fourth-order valence-electron chi connectivity index (χ4n) is 2.04. The van der Waals surface area contributed by atoms with Gasteiger partial charge in [0.15, 0.2) is 0 Å². The zero-order valence-electron chi connectivity index (χ0n) is 11.2. The maximum absolute atomic E-state index is 4.45. The summed E-state index contributed by atoms with van der Waals surface area (Å²) in [5.74, 6) is 0.542. The van der Waals surface area contributed by atoms with Crippen molar-refractivity contribution in [3.63, 3.8) is 0 Å². The molecule has 3 heteroatoms. The van der Waals surface area contributed by atoms with E-state index in [4.69, 9.17) is 0 Å². The monoisotopic (exact) mass is 260 g/mol. The molecule has 0 saturated heterocycles. The number of rotatable bonds is 5. The Hall–Kier alpha value is -1.19. The minimum absolute atomic E-state index is 0.542. The number of thiazole rings is 1. The fraction of sp³-hybridized carbons (Fsp3) is 0.400. The SMILES string of the molecule is Cc1nc(C)c(CNCC(C)c2ccccc2)s1. The summed E-state index contributed by atoms with van der Waals surface area (Å²) in [5.41, 5.74) is 2.56. The first-order valence-corrected chi connectivity index (χ1v) is 7.17. The van der Waals surface area contributed by atoms with E-state index < -0.39 is 0 Å². The smallest absolute Gasteiger partial charge is 0.0900 e. The lowest BCUT2D eigenvalue weighted by Crippen LogP contribution is -2.19. The highest BCUT2D eigenvalue weighted by Gasteiger charge is 2.07. The van der Waals surface area contributed by atoms with Gasteiger partial charge in [-0.1, -0.05) is 37.3 Å². The van der Waals surface area contributed by atoms with Crippen molar-refractivity contribution in [2.75, 3.05) is 6.54 Å². The van der Waals surface area contributed by atoms with E-state index in [9.17, 15) is 0 Å². The quantitative estimate of drug-likeness (QED) is 0.887. The van der Waals surface area contributed by atoms with Crippen LogP contribution < -0.4 is 5.32 Å². The van der Waals surface area contributed by atoms with Gasteiger partial charge in [0.05, 0.1) is 10.7 Å². The Kier molecular flexibility index (Phi) is 4.50. The zero-order valence-corrected chi connectivity index (χ0v) is 12.1. The van der Waals surface area contributed by atoms with Crippen molar-refractivity contribution in [3.05, 3.63) is 51.5 Å². The summed E-state index contributed by atoms with van der Waals surface area (Å²) in [4.78, 5) is 5.80. The summed E-state index contributed by atoms with van der Waals surface area (Å²) < 4.78 is 0. The predicted molar refractivity (Wildman–Crippen MR) is 78.2 cm³/mol. The molecule has 1 aromatic carbocycles. The average molecular weight is 260 g/mol. The molecule has 2 nitrogen and oxygen atoms in total. The first-order chi connectivity index (χ1) is 8.66. The van der Waals surface area contributed by atoms with E-state index in [-0.39, 0.29) is 0 Å². The maximum atomic E-state index is 4.45. The average Bonchev–Trinajstić information content (AvgIpc) is 2.69. The van der Waals surface area contributed by atoms with Crippen molar-refractivity contribution in [2.45, 2.75) is 33.2 Å². The van der Waals surface area contributed by atoms with Crippen LogP contribution in [0, 0.1) is 13.8 Å². The van der Waals surface area contributed by atoms with Gasteiger partial charge in [0, 0.05) is 18.0 Å². The molecule has 0 spiro atoms. The molecule has 1 atom stereocenters. The van der Waals surface area contributed by atoms with Crippen molar-refractivity contribution >= 4 is 11.3 Å². The number of aromatic nitrogens is 1. The van der Waals surface area contributed by atoms with Gasteiger partial charge in [0.2, 0.25) is 0 Å². The van der Waals surface area contributed by atoms with E-state index in [1.807, 2.05) is 0 Å². The number of hydrogen-bond acceptors (Lipinski definition) is 3. The molecule has 0 aliphatic rings. The van der Waals surface area contributed by atoms with E-state index in [2.05, 4.69) is 61.4 Å². The molecule has 0 amide bonds. The Morgan fingerprint density at radius 1 is 1.22 bits per heavy atom. The second-order valence-electron chi connectivity index (χ2n) is 4.68. The minimum Gasteiger partial charge on any atom is -0.311 e. The fourth-order valence-corrected chi connectivity index (χ4v) is 2.95. The molecule has 18 heavy (non-hydrogen) atoms. The van der Waals surface area contributed by atoms with Crippen LogP contribution in [0.3, 0.4) is 0 Å². The van der Waals surface area contributed by atoms with E-state index in [1.165, 1.54) is 10.4 Å². The molecule has 2 aromatic rings. The molecule has 2 rings (SSSR count). The van der Waals surface area contributed by atoms with E-state index in [0.29, 0.717) is 5.92 Å². The maximum Gasteiger partial charge on any atom is 0.0900 e. The van der Waals surface area contributed by atoms with Crippen LogP contribution in [0.1, 0.15) is 34.0 Å². The summed E-state index contributed by atoms with van der Waals surface area (Å²) in [5, 5.41) is 4.68. The normalized spacial score (nSPS) is 12.6. The third kappa shape index (κ3) is 3.40. The highest BCUT2D eigenvalue weighted by Crippen LogP contribution is 2.17. The highest BCUT2D eigenvalue weighted by molar-refractivity contribution is 7.11. The lowest BCUT2D eigenvalue weighted by atomic mass is 10.0. The lowest BCUT2D eigenvalue weighted by molar-refractivity contribution is 0.617. The molecular formula is C15H20N2S. The van der Waals surface area contributed by atoms with Gasteiger partial charge in [0.25, 0.3) is 0 Å². The minimum atomic E-state index is 0.542. The van der Waals surface area contributed by atoms with Gasteiger partial charge in [-0.05, 0) is 25.3 Å². The molecule has 1 heterocycles. The van der Waals surface area contributed by atoms with Crippen LogP contribution in [0.15, 0.2) is 30.3 Å². The highest BCUT2D eigenvalue weighted by atomic mass is 32.1. The molecule has 0 aliphatic carbocycles. The van der Waals surface area contributed by atoms with E-state index in [1.54, 1.807) is 11.3 Å². The summed E-state index contributed by atoms with van der Waals surface area (Å²) in [6.45, 7) is 8.33. The van der Waals surface area contributed by atoms with Crippen LogP contribution in [0.5, 0.6) is 0 Å². The Labute approximate surface area is 113 Å². The molecular weight excluding hydrogens is 240 g/mol. The number of benzene rings is 1. The first-order valence-electron chi connectivity index (χ1n) is 6.35. The second kappa shape index (κ2) is 6.12. The van der Waals surface area contributed by atoms with Gasteiger partial charge in [-0.3, -0.25) is 0 Å². The predicted octanol–water partition coefficient (Wildman–Crippen LogP) is 3.65. The molecule has 1 aromatic heterocycles. The Balaban J connectivity index is 1.84. The van der Waals surface area contributed by atoms with E-state index >= 15 is 0 Å². The molecule has 1 unspecified atom stereocenters. The summed E-state index contributed by atoms with van der Waals surface area (Å²) in [6.07, 6.45) is 0. The van der Waals surface area contributed by atoms with Crippen LogP contribution in [-0.2, 0) is 6.54 Å². The summed E-state index contributed by atoms with van der Waals surface area (Å²) in [6, 6.07) is 10.6. The van der Waals surface area contributed by atoms with Crippen LogP contribution in [0.4, 0.5) is 0 Å². The van der Waals surface area contributed by atoms with Gasteiger partial charge in [-0.2, -0.15) is 0 Å². The van der Waals surface area contributed by atoms with Crippen LogP contribution in [0.2, 0.25) is 0 Å². The first kappa shape index (κ1) is 13.2. The Morgan fingerprint density at radius 2 is 1.94 bits per heavy atom. The number of aryl methyl sites for hydroxylation is 2. The molecule has 0 saturated carbocycles. The molecule has 0 aliphatic heterocycles. The van der Waals surface area contributed by atoms with Crippen molar-refractivity contribution < 1.29 is 0 Å². The van der Waals surface area contributed by atoms with Gasteiger partial charge < -0.3 is 5.32 Å². The Bertz CT molecular complexity index is 490. The Morgan fingerprint density at radius 3 is 2.56 bits per heavy atom. The largest absolute Gasteiger partial charge is 0.311 e. The summed E-state index contributed by atoms with van der Waals surface area (Å²) >= 11 is 1.79. The third-order valence-corrected chi connectivity index (χ3v) is 4.18. The number of nitrogens with one attached hydrogen (secondary N) is 1. The standard InChI is InChI=1S/C15H20N2S/c1-11(14-7-5-4-6-8-14)9-16-10-15-12(2)17-13(3)18-15/h4-8,11,16H,9-10H2,1-3H3. The van der Waals surface area contributed by atoms with Crippen molar-refractivity contribution in [1.82, 2.24) is 10.3 Å². The molecule has 1 N–H and O–H groups in total. The van der Waals surface area contributed by atoms with Gasteiger partial charge in [-0.15, -0.1) is 11.3 Å². The third-order valence-electron chi connectivity index (χ3n) is 3.10. The van der Waals surface area contributed by atoms with Gasteiger partial charge in [-0.25, -0.2) is 4.98 Å². The van der Waals surface area contributed by atoms with Crippen molar-refractivity contribution in [1.29, 1.82) is 0 Å². The number of nitrogens with zero attached hydrogens (tertiary/aromatic N) is 1. The van der Waals surface area contributed by atoms with Gasteiger partial charge in [0.1, 0.15) is 0 Å². The lowest BCUT2D eigenvalue weighted by Gasteiger charge is -2.12.